The third-order valence-electron chi connectivity index (χ3n) is 1.55. The summed E-state index contributed by atoms with van der Waals surface area (Å²) in [7, 11) is -1.06. The van der Waals surface area contributed by atoms with Crippen LogP contribution in [-0.2, 0) is 0 Å². The largest absolute Gasteiger partial charge is 0.455 e. The van der Waals surface area contributed by atoms with Crippen LogP contribution in [0.3, 0.4) is 0 Å². The minimum Gasteiger partial charge on any atom is -0.427 e. The fourth-order valence-electron chi connectivity index (χ4n) is 0.766. The molecular formula is C4H9BO2. The van der Waals surface area contributed by atoms with Gasteiger partial charge in [0.15, 0.2) is 0 Å². The highest BCUT2D eigenvalue weighted by Gasteiger charge is 2.41. The van der Waals surface area contributed by atoms with Crippen molar-refractivity contribution in [3.05, 3.63) is 0 Å². The van der Waals surface area contributed by atoms with Crippen molar-refractivity contribution in [3.8, 4) is 0 Å². The van der Waals surface area contributed by atoms with E-state index in [9.17, 15) is 0 Å². The van der Waals surface area contributed by atoms with Crippen molar-refractivity contribution >= 4 is 7.12 Å². The zero-order chi connectivity index (χ0) is 5.44. The lowest BCUT2D eigenvalue weighted by molar-refractivity contribution is 0.401. The third-order valence-corrected chi connectivity index (χ3v) is 1.55. The minimum absolute atomic E-state index is 0.181. The maximum atomic E-state index is 8.42. The molecule has 0 aromatic heterocycles. The molecule has 0 aromatic rings. The van der Waals surface area contributed by atoms with E-state index in [2.05, 4.69) is 0 Å². The molecule has 0 aromatic carbocycles. The summed E-state index contributed by atoms with van der Waals surface area (Å²) in [6, 6.07) is 0. The molecule has 0 heterocycles. The van der Waals surface area contributed by atoms with Gasteiger partial charge in [-0.25, -0.2) is 0 Å². The summed E-state index contributed by atoms with van der Waals surface area (Å²) in [5, 5.41) is 16.8. The van der Waals surface area contributed by atoms with E-state index in [1.807, 2.05) is 6.92 Å². The topological polar surface area (TPSA) is 40.5 Å². The molecule has 7 heavy (non-hydrogen) atoms. The predicted molar refractivity (Wildman–Crippen MR) is 27.7 cm³/mol. The van der Waals surface area contributed by atoms with E-state index >= 15 is 0 Å². The van der Waals surface area contributed by atoms with Crippen molar-refractivity contribution in [1.29, 1.82) is 0 Å². The van der Waals surface area contributed by atoms with E-state index in [-0.39, 0.29) is 5.82 Å². The van der Waals surface area contributed by atoms with Gasteiger partial charge in [0.25, 0.3) is 0 Å². The summed E-state index contributed by atoms with van der Waals surface area (Å²) in [5.41, 5.74) is 0. The molecule has 1 rings (SSSR count). The Labute approximate surface area is 43.3 Å². The van der Waals surface area contributed by atoms with Crippen LogP contribution >= 0.6 is 0 Å². The molecule has 0 amide bonds. The van der Waals surface area contributed by atoms with E-state index in [1.54, 1.807) is 0 Å². The van der Waals surface area contributed by atoms with Crippen LogP contribution in [0.4, 0.5) is 0 Å². The Hall–Kier alpha value is -0.0151. The second-order valence-corrected chi connectivity index (χ2v) is 2.29. The van der Waals surface area contributed by atoms with Gasteiger partial charge in [0, 0.05) is 0 Å². The van der Waals surface area contributed by atoms with Crippen LogP contribution in [-0.4, -0.2) is 17.2 Å². The molecule has 0 spiro atoms. The smallest absolute Gasteiger partial charge is 0.427 e. The summed E-state index contributed by atoms with van der Waals surface area (Å²) in [5.74, 6) is 0.722. The van der Waals surface area contributed by atoms with Gasteiger partial charge >= 0.3 is 7.12 Å². The van der Waals surface area contributed by atoms with Crippen LogP contribution in [0.1, 0.15) is 13.3 Å². The molecule has 1 aliphatic carbocycles. The molecule has 40 valence electrons. The van der Waals surface area contributed by atoms with Crippen molar-refractivity contribution in [3.63, 3.8) is 0 Å². The molecule has 0 unspecified atom stereocenters. The average Bonchev–Trinajstić information content (AvgIpc) is 2.17. The molecule has 2 atom stereocenters. The van der Waals surface area contributed by atoms with Crippen molar-refractivity contribution in [2.75, 3.05) is 0 Å². The fraction of sp³-hybridized carbons (Fsp3) is 1.00. The Balaban J connectivity index is 2.20. The van der Waals surface area contributed by atoms with Gasteiger partial charge in [-0.1, -0.05) is 6.92 Å². The van der Waals surface area contributed by atoms with Crippen LogP contribution < -0.4 is 0 Å². The Morgan fingerprint density at radius 2 is 2.00 bits per heavy atom. The van der Waals surface area contributed by atoms with E-state index in [1.165, 1.54) is 0 Å². The molecule has 0 aliphatic heterocycles. The lowest BCUT2D eigenvalue weighted by Crippen LogP contribution is -2.10. The lowest BCUT2D eigenvalue weighted by atomic mass is 9.82. The number of rotatable bonds is 1. The van der Waals surface area contributed by atoms with Gasteiger partial charge in [0.2, 0.25) is 0 Å². The molecule has 0 radical (unpaired) electrons. The minimum atomic E-state index is -1.06. The molecule has 1 saturated carbocycles. The van der Waals surface area contributed by atoms with Crippen LogP contribution in [0.2, 0.25) is 5.82 Å². The third kappa shape index (κ3) is 0.953. The first-order chi connectivity index (χ1) is 3.22. The monoisotopic (exact) mass is 100 g/mol. The quantitative estimate of drug-likeness (QED) is 0.450. The Morgan fingerprint density at radius 3 is 2.00 bits per heavy atom. The molecule has 0 bridgehead atoms. The zero-order valence-electron chi connectivity index (χ0n) is 4.33. The maximum Gasteiger partial charge on any atom is 0.455 e. The zero-order valence-corrected chi connectivity index (χ0v) is 4.33. The van der Waals surface area contributed by atoms with Gasteiger partial charge in [0.1, 0.15) is 0 Å². The molecule has 0 saturated heterocycles. The van der Waals surface area contributed by atoms with Crippen LogP contribution in [0.15, 0.2) is 0 Å². The second-order valence-electron chi connectivity index (χ2n) is 2.29. The summed E-state index contributed by atoms with van der Waals surface area (Å²) in [4.78, 5) is 0. The Bertz CT molecular complexity index is 74.1. The second kappa shape index (κ2) is 1.49. The molecule has 2 N–H and O–H groups in total. The van der Waals surface area contributed by atoms with Crippen molar-refractivity contribution in [2.45, 2.75) is 19.2 Å². The van der Waals surface area contributed by atoms with Gasteiger partial charge < -0.3 is 10.0 Å². The predicted octanol–water partition coefficient (Wildman–Crippen LogP) is -0.131. The lowest BCUT2D eigenvalue weighted by Gasteiger charge is -1.88. The van der Waals surface area contributed by atoms with Crippen molar-refractivity contribution < 1.29 is 10.0 Å². The fourth-order valence-corrected chi connectivity index (χ4v) is 0.766. The van der Waals surface area contributed by atoms with Gasteiger partial charge in [-0.15, -0.1) is 0 Å². The normalized spacial score (nSPS) is 38.1. The summed E-state index contributed by atoms with van der Waals surface area (Å²) in [6.07, 6.45) is 0.984. The van der Waals surface area contributed by atoms with Crippen LogP contribution in [0.5, 0.6) is 0 Å². The molecule has 1 fully saturated rings. The number of hydrogen-bond donors (Lipinski definition) is 2. The summed E-state index contributed by atoms with van der Waals surface area (Å²) < 4.78 is 0. The highest BCUT2D eigenvalue weighted by Crippen LogP contribution is 2.44. The van der Waals surface area contributed by atoms with E-state index in [0.717, 1.165) is 6.42 Å². The van der Waals surface area contributed by atoms with Gasteiger partial charge in [-0.05, 0) is 18.2 Å². The number of hydrogen-bond acceptors (Lipinski definition) is 2. The maximum absolute atomic E-state index is 8.42. The molecule has 1 aliphatic rings. The van der Waals surface area contributed by atoms with Crippen LogP contribution in [0.25, 0.3) is 0 Å². The average molecular weight is 99.9 g/mol. The first-order valence-corrected chi connectivity index (χ1v) is 2.58. The van der Waals surface area contributed by atoms with Gasteiger partial charge in [-0.3, -0.25) is 0 Å². The first kappa shape index (κ1) is 5.13. The van der Waals surface area contributed by atoms with Crippen LogP contribution in [0, 0.1) is 5.92 Å². The SMILES string of the molecule is C[C@@H]1C[C@@H]1B(O)O. The Morgan fingerprint density at radius 1 is 1.57 bits per heavy atom. The van der Waals surface area contributed by atoms with Gasteiger partial charge in [0.05, 0.1) is 0 Å². The Kier molecular flexibility index (Phi) is 1.09. The molecule has 2 nitrogen and oxygen atoms in total. The molecular weight excluding hydrogens is 90.9 g/mol. The molecule has 3 heteroatoms. The van der Waals surface area contributed by atoms with E-state index in [4.69, 9.17) is 10.0 Å². The van der Waals surface area contributed by atoms with Gasteiger partial charge in [-0.2, -0.15) is 0 Å². The van der Waals surface area contributed by atoms with E-state index < -0.39 is 7.12 Å². The first-order valence-electron chi connectivity index (χ1n) is 2.58. The van der Waals surface area contributed by atoms with E-state index in [0.29, 0.717) is 5.92 Å². The van der Waals surface area contributed by atoms with Crippen molar-refractivity contribution in [1.82, 2.24) is 0 Å². The highest BCUT2D eigenvalue weighted by molar-refractivity contribution is 6.44. The van der Waals surface area contributed by atoms with Crippen molar-refractivity contribution in [2.24, 2.45) is 5.92 Å². The standard InChI is InChI=1S/C4H9BO2/c1-3-2-4(3)5(6)7/h3-4,6-7H,2H2,1H3/t3-,4+/m1/s1. The highest BCUT2D eigenvalue weighted by atomic mass is 16.4. The summed E-state index contributed by atoms with van der Waals surface area (Å²) in [6.45, 7) is 2.02. The summed E-state index contributed by atoms with van der Waals surface area (Å²) >= 11 is 0.